The molecule has 2 aromatic rings. The Balaban J connectivity index is 1.73. The lowest BCUT2D eigenvalue weighted by molar-refractivity contribution is 0.101. The van der Waals surface area contributed by atoms with Gasteiger partial charge in [0.15, 0.2) is 5.78 Å². The van der Waals surface area contributed by atoms with Crippen LogP contribution < -0.4 is 4.72 Å². The lowest BCUT2D eigenvalue weighted by Gasteiger charge is -2.17. The van der Waals surface area contributed by atoms with E-state index in [4.69, 9.17) is 0 Å². The van der Waals surface area contributed by atoms with Gasteiger partial charge in [0.25, 0.3) is 0 Å². The highest BCUT2D eigenvalue weighted by molar-refractivity contribution is 7.89. The van der Waals surface area contributed by atoms with Crippen LogP contribution in [-0.4, -0.2) is 20.7 Å². The number of rotatable bonds is 6. The van der Waals surface area contributed by atoms with Gasteiger partial charge in [-0.2, -0.15) is 0 Å². The average molecular weight is 347 g/mol. The number of hydrogen-bond acceptors (Lipinski definition) is 3. The summed E-state index contributed by atoms with van der Waals surface area (Å²) >= 11 is 0. The van der Waals surface area contributed by atoms with Crippen molar-refractivity contribution in [3.05, 3.63) is 65.5 Å². The molecule has 1 aliphatic carbocycles. The van der Waals surface area contributed by atoms with Crippen LogP contribution in [0.5, 0.6) is 0 Å². The van der Waals surface area contributed by atoms with Gasteiger partial charge in [-0.25, -0.2) is 17.5 Å². The summed E-state index contributed by atoms with van der Waals surface area (Å²) in [7, 11) is -3.65. The van der Waals surface area contributed by atoms with Crippen molar-refractivity contribution >= 4 is 15.8 Å². The molecule has 0 amide bonds. The zero-order chi connectivity index (χ0) is 17.4. The number of benzene rings is 2. The van der Waals surface area contributed by atoms with Crippen LogP contribution in [0.1, 0.15) is 35.7 Å². The van der Waals surface area contributed by atoms with Crippen molar-refractivity contribution in [1.82, 2.24) is 4.72 Å². The van der Waals surface area contributed by atoms with E-state index in [1.165, 1.54) is 43.3 Å². The predicted octanol–water partition coefficient (Wildman–Crippen LogP) is 3.04. The molecule has 0 aromatic heterocycles. The molecule has 3 rings (SSSR count). The van der Waals surface area contributed by atoms with E-state index in [0.29, 0.717) is 5.56 Å². The second-order valence-electron chi connectivity index (χ2n) is 6.19. The lowest BCUT2D eigenvalue weighted by atomic mass is 9.96. The molecule has 1 N–H and O–H groups in total. The van der Waals surface area contributed by atoms with E-state index in [2.05, 4.69) is 4.72 Å². The number of carbonyl (C=O) groups is 1. The third-order valence-electron chi connectivity index (χ3n) is 4.48. The normalized spacial score (nSPS) is 15.9. The van der Waals surface area contributed by atoms with Gasteiger partial charge in [-0.05, 0) is 49.6 Å². The van der Waals surface area contributed by atoms with Gasteiger partial charge in [-0.15, -0.1) is 0 Å². The summed E-state index contributed by atoms with van der Waals surface area (Å²) in [6.45, 7) is 1.71. The van der Waals surface area contributed by atoms with Crippen LogP contribution in [0.2, 0.25) is 0 Å². The summed E-state index contributed by atoms with van der Waals surface area (Å²) in [4.78, 5) is 11.4. The molecular formula is C18H18FNO3S. The fourth-order valence-corrected chi connectivity index (χ4v) is 3.83. The van der Waals surface area contributed by atoms with E-state index in [1.54, 1.807) is 12.1 Å². The summed E-state index contributed by atoms with van der Waals surface area (Å²) in [6.07, 6.45) is 1.73. The summed E-state index contributed by atoms with van der Waals surface area (Å²) in [5.41, 5.74) is 1.16. The Hall–Kier alpha value is -2.05. The van der Waals surface area contributed by atoms with Crippen molar-refractivity contribution in [2.75, 3.05) is 6.54 Å². The fraction of sp³-hybridized carbons (Fsp3) is 0.278. The Labute approximate surface area is 140 Å². The molecule has 0 heterocycles. The van der Waals surface area contributed by atoms with Crippen LogP contribution >= 0.6 is 0 Å². The van der Waals surface area contributed by atoms with Gasteiger partial charge < -0.3 is 0 Å². The molecule has 1 fully saturated rings. The van der Waals surface area contributed by atoms with Crippen molar-refractivity contribution in [3.63, 3.8) is 0 Å². The fourth-order valence-electron chi connectivity index (χ4n) is 2.71. The third-order valence-corrected chi connectivity index (χ3v) is 5.90. The van der Waals surface area contributed by atoms with Crippen molar-refractivity contribution in [3.8, 4) is 0 Å². The van der Waals surface area contributed by atoms with Gasteiger partial charge >= 0.3 is 0 Å². The molecule has 0 aliphatic heterocycles. The van der Waals surface area contributed by atoms with Gasteiger partial charge in [0, 0.05) is 17.5 Å². The van der Waals surface area contributed by atoms with E-state index >= 15 is 0 Å². The molecule has 2 aromatic carbocycles. The number of carbonyl (C=O) groups excluding carboxylic acids is 1. The molecule has 1 aliphatic rings. The molecule has 0 radical (unpaired) electrons. The Kier molecular flexibility index (Phi) is 4.27. The topological polar surface area (TPSA) is 63.2 Å². The summed E-state index contributed by atoms with van der Waals surface area (Å²) in [5.74, 6) is -0.416. The minimum Gasteiger partial charge on any atom is -0.295 e. The maximum absolute atomic E-state index is 13.0. The van der Waals surface area contributed by atoms with Crippen LogP contribution in [0.4, 0.5) is 4.39 Å². The molecule has 0 atom stereocenters. The summed E-state index contributed by atoms with van der Waals surface area (Å²) in [6, 6.07) is 12.1. The first-order valence-corrected chi connectivity index (χ1v) is 9.17. The maximum Gasteiger partial charge on any atom is 0.240 e. The van der Waals surface area contributed by atoms with Gasteiger partial charge in [-0.1, -0.05) is 24.3 Å². The zero-order valence-electron chi connectivity index (χ0n) is 13.3. The number of nitrogens with one attached hydrogen (secondary N) is 1. The standard InChI is InChI=1S/C18H18FNO3S/c1-13(21)14-2-8-17(9-3-14)24(22,23)20-12-18(10-11-18)15-4-6-16(19)7-5-15/h2-9,20H,10-12H2,1H3. The second-order valence-corrected chi connectivity index (χ2v) is 7.96. The van der Waals surface area contributed by atoms with Crippen LogP contribution in [0, 0.1) is 5.82 Å². The van der Waals surface area contributed by atoms with Gasteiger partial charge in [0.05, 0.1) is 4.90 Å². The van der Waals surface area contributed by atoms with Gasteiger partial charge in [0.1, 0.15) is 5.82 Å². The molecule has 6 heteroatoms. The molecule has 0 unspecified atom stereocenters. The molecule has 24 heavy (non-hydrogen) atoms. The third kappa shape index (κ3) is 3.39. The SMILES string of the molecule is CC(=O)c1ccc(S(=O)(=O)NCC2(c3ccc(F)cc3)CC2)cc1. The van der Waals surface area contributed by atoms with Crippen LogP contribution in [0.15, 0.2) is 53.4 Å². The lowest BCUT2D eigenvalue weighted by Crippen LogP contribution is -2.32. The van der Waals surface area contributed by atoms with E-state index in [0.717, 1.165) is 18.4 Å². The summed E-state index contributed by atoms with van der Waals surface area (Å²) < 4.78 is 40.5. The number of halogens is 1. The summed E-state index contributed by atoms with van der Waals surface area (Å²) in [5, 5.41) is 0. The Morgan fingerprint density at radius 1 is 1.08 bits per heavy atom. The first-order valence-electron chi connectivity index (χ1n) is 7.69. The molecule has 1 saturated carbocycles. The highest BCUT2D eigenvalue weighted by Gasteiger charge is 2.44. The minimum atomic E-state index is -3.65. The molecule has 126 valence electrons. The van der Waals surface area contributed by atoms with Crippen molar-refractivity contribution < 1.29 is 17.6 Å². The van der Waals surface area contributed by atoms with E-state index in [9.17, 15) is 17.6 Å². The largest absolute Gasteiger partial charge is 0.295 e. The first kappa shape index (κ1) is 16.8. The first-order chi connectivity index (χ1) is 11.3. The van der Waals surface area contributed by atoms with Crippen molar-refractivity contribution in [1.29, 1.82) is 0 Å². The zero-order valence-corrected chi connectivity index (χ0v) is 14.1. The highest BCUT2D eigenvalue weighted by Crippen LogP contribution is 2.47. The molecule has 0 spiro atoms. The number of sulfonamides is 1. The maximum atomic E-state index is 13.0. The smallest absolute Gasteiger partial charge is 0.240 e. The number of ketones is 1. The van der Waals surface area contributed by atoms with Crippen LogP contribution in [0.3, 0.4) is 0 Å². The molecule has 4 nitrogen and oxygen atoms in total. The predicted molar refractivity (Wildman–Crippen MR) is 88.9 cm³/mol. The van der Waals surface area contributed by atoms with E-state index in [-0.39, 0.29) is 28.5 Å². The Bertz CT molecular complexity index is 854. The average Bonchev–Trinajstić information content (AvgIpc) is 3.35. The highest BCUT2D eigenvalue weighted by atomic mass is 32.2. The van der Waals surface area contributed by atoms with Gasteiger partial charge in [0.2, 0.25) is 10.0 Å². The monoisotopic (exact) mass is 347 g/mol. The van der Waals surface area contributed by atoms with Crippen molar-refractivity contribution in [2.45, 2.75) is 30.1 Å². The molecule has 0 bridgehead atoms. The van der Waals surface area contributed by atoms with Gasteiger partial charge in [-0.3, -0.25) is 4.79 Å². The van der Waals surface area contributed by atoms with Crippen molar-refractivity contribution in [2.24, 2.45) is 0 Å². The van der Waals surface area contributed by atoms with E-state index in [1.807, 2.05) is 0 Å². The molecular weight excluding hydrogens is 329 g/mol. The minimum absolute atomic E-state index is 0.111. The van der Waals surface area contributed by atoms with Crippen LogP contribution in [-0.2, 0) is 15.4 Å². The Morgan fingerprint density at radius 3 is 2.17 bits per heavy atom. The van der Waals surface area contributed by atoms with E-state index < -0.39 is 10.0 Å². The second kappa shape index (κ2) is 6.11. The van der Waals surface area contributed by atoms with Crippen LogP contribution in [0.25, 0.3) is 0 Å². The number of hydrogen-bond donors (Lipinski definition) is 1. The Morgan fingerprint density at radius 2 is 1.67 bits per heavy atom. The number of Topliss-reactive ketones (excluding diaryl/α,β-unsaturated/α-hetero) is 1. The quantitative estimate of drug-likeness (QED) is 0.817. The molecule has 0 saturated heterocycles.